The second kappa shape index (κ2) is 12.0. The number of carbonyl (C=O) groups excluding carboxylic acids is 2. The van der Waals surface area contributed by atoms with Gasteiger partial charge in [-0.3, -0.25) is 4.79 Å². The molecule has 0 spiro atoms. The van der Waals surface area contributed by atoms with E-state index in [9.17, 15) is 18.0 Å². The molecule has 1 aliphatic heterocycles. The number of carbonyl (C=O) groups is 2. The summed E-state index contributed by atoms with van der Waals surface area (Å²) in [5.41, 5.74) is 1.32. The number of rotatable bonds is 8. The molecule has 0 unspecified atom stereocenters. The summed E-state index contributed by atoms with van der Waals surface area (Å²) in [6.45, 7) is 0.692. The minimum absolute atomic E-state index is 0.242. The van der Waals surface area contributed by atoms with Gasteiger partial charge in [0.05, 0.1) is 10.6 Å². The van der Waals surface area contributed by atoms with Crippen molar-refractivity contribution in [2.45, 2.75) is 35.5 Å². The molecule has 1 aliphatic rings. The number of para-hydroxylation sites is 1. The highest BCUT2D eigenvalue weighted by molar-refractivity contribution is 7.98. The molecular formula is C24H28N2O5S2. The van der Waals surface area contributed by atoms with E-state index in [1.807, 2.05) is 24.5 Å². The number of hydrogen-bond acceptors (Lipinski definition) is 6. The average molecular weight is 489 g/mol. The molecule has 2 aromatic rings. The third-order valence-electron chi connectivity index (χ3n) is 5.22. The highest BCUT2D eigenvalue weighted by Gasteiger charge is 2.24. The topological polar surface area (TPSA) is 92.8 Å². The van der Waals surface area contributed by atoms with Gasteiger partial charge in [0.15, 0.2) is 6.61 Å². The summed E-state index contributed by atoms with van der Waals surface area (Å²) in [6.07, 6.45) is 8.51. The fourth-order valence-corrected chi connectivity index (χ4v) is 5.54. The van der Waals surface area contributed by atoms with Crippen LogP contribution in [0.15, 0.2) is 64.4 Å². The molecule has 33 heavy (non-hydrogen) atoms. The van der Waals surface area contributed by atoms with Crippen LogP contribution in [-0.4, -0.2) is 50.6 Å². The van der Waals surface area contributed by atoms with Crippen LogP contribution in [0, 0.1) is 0 Å². The second-order valence-electron chi connectivity index (χ2n) is 7.58. The molecule has 1 heterocycles. The van der Waals surface area contributed by atoms with Crippen molar-refractivity contribution in [1.29, 1.82) is 0 Å². The SMILES string of the molecule is CSc1ccccc1NC(=O)COC(=O)/C=C/c1ccc(S(=O)(=O)N2CCCCCC2)cc1. The predicted octanol–water partition coefficient (Wildman–Crippen LogP) is 4.17. The first-order valence-corrected chi connectivity index (χ1v) is 13.4. The van der Waals surface area contributed by atoms with E-state index < -0.39 is 28.5 Å². The Morgan fingerprint density at radius 2 is 1.70 bits per heavy atom. The van der Waals surface area contributed by atoms with Crippen molar-refractivity contribution in [1.82, 2.24) is 4.31 Å². The maximum absolute atomic E-state index is 12.8. The molecule has 176 valence electrons. The van der Waals surface area contributed by atoms with Crippen molar-refractivity contribution in [2.75, 3.05) is 31.3 Å². The van der Waals surface area contributed by atoms with Crippen molar-refractivity contribution in [3.05, 3.63) is 60.2 Å². The fourth-order valence-electron chi connectivity index (χ4n) is 3.47. The molecule has 1 saturated heterocycles. The Labute approximate surface area is 199 Å². The Kier molecular flexibility index (Phi) is 9.11. The molecular weight excluding hydrogens is 460 g/mol. The molecule has 0 radical (unpaired) electrons. The number of esters is 1. The van der Waals surface area contributed by atoms with Gasteiger partial charge in [-0.15, -0.1) is 11.8 Å². The number of ether oxygens (including phenoxy) is 1. The minimum atomic E-state index is -3.51. The van der Waals surface area contributed by atoms with Gasteiger partial charge in [0.2, 0.25) is 10.0 Å². The van der Waals surface area contributed by atoms with Crippen LogP contribution in [0.2, 0.25) is 0 Å². The zero-order valence-corrected chi connectivity index (χ0v) is 20.2. The first-order valence-electron chi connectivity index (χ1n) is 10.8. The molecule has 1 N–H and O–H groups in total. The lowest BCUT2D eigenvalue weighted by Crippen LogP contribution is -2.31. The van der Waals surface area contributed by atoms with Gasteiger partial charge in [-0.1, -0.05) is 37.1 Å². The zero-order chi connectivity index (χ0) is 23.7. The third-order valence-corrected chi connectivity index (χ3v) is 7.93. The van der Waals surface area contributed by atoms with Crippen LogP contribution in [-0.2, 0) is 24.3 Å². The van der Waals surface area contributed by atoms with Crippen LogP contribution in [0.3, 0.4) is 0 Å². The molecule has 0 bridgehead atoms. The van der Waals surface area contributed by atoms with E-state index in [2.05, 4.69) is 5.32 Å². The number of anilines is 1. The van der Waals surface area contributed by atoms with E-state index in [4.69, 9.17) is 4.74 Å². The van der Waals surface area contributed by atoms with E-state index in [0.29, 0.717) is 24.3 Å². The lowest BCUT2D eigenvalue weighted by Gasteiger charge is -2.19. The van der Waals surface area contributed by atoms with Crippen LogP contribution >= 0.6 is 11.8 Å². The van der Waals surface area contributed by atoms with Crippen LogP contribution in [0.4, 0.5) is 5.69 Å². The Balaban J connectivity index is 1.52. The predicted molar refractivity (Wildman–Crippen MR) is 131 cm³/mol. The largest absolute Gasteiger partial charge is 0.452 e. The number of benzene rings is 2. The first-order chi connectivity index (χ1) is 15.9. The number of thioether (sulfide) groups is 1. The summed E-state index contributed by atoms with van der Waals surface area (Å²) < 4.78 is 32.2. The normalized spacial score (nSPS) is 15.2. The maximum atomic E-state index is 12.8. The number of hydrogen-bond donors (Lipinski definition) is 1. The highest BCUT2D eigenvalue weighted by Crippen LogP contribution is 2.24. The lowest BCUT2D eigenvalue weighted by molar-refractivity contribution is -0.142. The summed E-state index contributed by atoms with van der Waals surface area (Å²) in [5, 5.41) is 2.72. The summed E-state index contributed by atoms with van der Waals surface area (Å²) in [5.74, 6) is -1.09. The zero-order valence-electron chi connectivity index (χ0n) is 18.5. The number of amides is 1. The van der Waals surface area contributed by atoms with E-state index >= 15 is 0 Å². The molecule has 0 aromatic heterocycles. The van der Waals surface area contributed by atoms with Crippen molar-refractivity contribution >= 4 is 45.4 Å². The van der Waals surface area contributed by atoms with Gasteiger partial charge in [-0.05, 0) is 55.0 Å². The van der Waals surface area contributed by atoms with Gasteiger partial charge < -0.3 is 10.1 Å². The van der Waals surface area contributed by atoms with Crippen LogP contribution < -0.4 is 5.32 Å². The molecule has 1 amide bonds. The monoisotopic (exact) mass is 488 g/mol. The number of nitrogens with one attached hydrogen (secondary N) is 1. The van der Waals surface area contributed by atoms with Crippen molar-refractivity contribution in [2.24, 2.45) is 0 Å². The van der Waals surface area contributed by atoms with Gasteiger partial charge in [0.1, 0.15) is 0 Å². The standard InChI is InChI=1S/C24H28N2O5S2/c1-32-22-9-5-4-8-21(22)25-23(27)18-31-24(28)15-12-19-10-13-20(14-11-19)33(29,30)26-16-6-2-3-7-17-26/h4-5,8-15H,2-3,6-7,16-18H2,1H3,(H,25,27)/b15-12+. The van der Waals surface area contributed by atoms with Crippen molar-refractivity contribution in [3.63, 3.8) is 0 Å². The number of sulfonamides is 1. The molecule has 0 atom stereocenters. The minimum Gasteiger partial charge on any atom is -0.452 e. The first kappa shape index (κ1) is 25.0. The molecule has 3 rings (SSSR count). The van der Waals surface area contributed by atoms with Gasteiger partial charge in [-0.25, -0.2) is 13.2 Å². The van der Waals surface area contributed by atoms with Crippen molar-refractivity contribution < 1.29 is 22.7 Å². The Morgan fingerprint density at radius 3 is 2.36 bits per heavy atom. The van der Waals surface area contributed by atoms with Crippen LogP contribution in [0.25, 0.3) is 6.08 Å². The fraction of sp³-hybridized carbons (Fsp3) is 0.333. The molecule has 7 nitrogen and oxygen atoms in total. The maximum Gasteiger partial charge on any atom is 0.331 e. The van der Waals surface area contributed by atoms with E-state index in [0.717, 1.165) is 30.6 Å². The van der Waals surface area contributed by atoms with Crippen LogP contribution in [0.5, 0.6) is 0 Å². The molecule has 0 aliphatic carbocycles. The molecule has 1 fully saturated rings. The van der Waals surface area contributed by atoms with E-state index in [1.165, 1.54) is 23.9 Å². The summed E-state index contributed by atoms with van der Waals surface area (Å²) in [4.78, 5) is 25.2. The van der Waals surface area contributed by atoms with Gasteiger partial charge in [-0.2, -0.15) is 4.31 Å². The Bertz CT molecular complexity index is 1090. The van der Waals surface area contributed by atoms with Crippen molar-refractivity contribution in [3.8, 4) is 0 Å². The summed E-state index contributed by atoms with van der Waals surface area (Å²) in [7, 11) is -3.51. The van der Waals surface area contributed by atoms with Gasteiger partial charge in [0.25, 0.3) is 5.91 Å². The summed E-state index contributed by atoms with van der Waals surface area (Å²) in [6, 6.07) is 13.7. The van der Waals surface area contributed by atoms with Crippen LogP contribution in [0.1, 0.15) is 31.2 Å². The van der Waals surface area contributed by atoms with Gasteiger partial charge >= 0.3 is 5.97 Å². The second-order valence-corrected chi connectivity index (χ2v) is 10.4. The molecule has 9 heteroatoms. The number of nitrogens with zero attached hydrogens (tertiary/aromatic N) is 1. The highest BCUT2D eigenvalue weighted by atomic mass is 32.2. The Morgan fingerprint density at radius 1 is 1.03 bits per heavy atom. The van der Waals surface area contributed by atoms with E-state index in [-0.39, 0.29) is 4.90 Å². The van der Waals surface area contributed by atoms with E-state index in [1.54, 1.807) is 34.6 Å². The quantitative estimate of drug-likeness (QED) is 0.341. The van der Waals surface area contributed by atoms with Gasteiger partial charge in [0, 0.05) is 24.1 Å². The molecule has 2 aromatic carbocycles. The third kappa shape index (κ3) is 7.18. The molecule has 0 saturated carbocycles. The smallest absolute Gasteiger partial charge is 0.331 e. The Hall–Kier alpha value is -2.62. The average Bonchev–Trinajstić information content (AvgIpc) is 3.12. The summed E-state index contributed by atoms with van der Waals surface area (Å²) >= 11 is 1.50. The lowest BCUT2D eigenvalue weighted by atomic mass is 10.2.